The molecule has 0 radical (unpaired) electrons. The van der Waals surface area contributed by atoms with E-state index in [9.17, 15) is 0 Å². The van der Waals surface area contributed by atoms with Gasteiger partial charge in [-0.3, -0.25) is 0 Å². The van der Waals surface area contributed by atoms with Crippen LogP contribution in [-0.2, 0) is 19.4 Å². The van der Waals surface area contributed by atoms with Crippen molar-refractivity contribution in [3.8, 4) is 5.75 Å². The minimum atomic E-state index is -0.0539. The van der Waals surface area contributed by atoms with Crippen LogP contribution in [0.1, 0.15) is 30.5 Å². The number of fused-ring (bicyclic) bond motifs is 1. The van der Waals surface area contributed by atoms with Crippen LogP contribution in [-0.4, -0.2) is 12.1 Å². The molecule has 0 atom stereocenters. The van der Waals surface area contributed by atoms with E-state index < -0.39 is 0 Å². The van der Waals surface area contributed by atoms with Crippen molar-refractivity contribution in [2.75, 3.05) is 6.54 Å². The van der Waals surface area contributed by atoms with E-state index in [1.165, 1.54) is 16.7 Å². The van der Waals surface area contributed by atoms with Gasteiger partial charge in [0.05, 0.1) is 0 Å². The SMILES string of the molecule is CC1(C)Cc2cc(CNCCc3ccccc3)ccc2O1. The summed E-state index contributed by atoms with van der Waals surface area (Å²) in [7, 11) is 0. The first-order valence-corrected chi connectivity index (χ1v) is 7.68. The molecule has 1 aliphatic rings. The summed E-state index contributed by atoms with van der Waals surface area (Å²) in [5.74, 6) is 1.05. The summed E-state index contributed by atoms with van der Waals surface area (Å²) >= 11 is 0. The smallest absolute Gasteiger partial charge is 0.123 e. The van der Waals surface area contributed by atoms with Crippen LogP contribution in [0.25, 0.3) is 0 Å². The number of hydrogen-bond acceptors (Lipinski definition) is 2. The Morgan fingerprint density at radius 2 is 1.86 bits per heavy atom. The fourth-order valence-corrected chi connectivity index (χ4v) is 2.88. The summed E-state index contributed by atoms with van der Waals surface area (Å²) in [6.07, 6.45) is 2.07. The molecule has 2 aromatic rings. The van der Waals surface area contributed by atoms with Crippen molar-refractivity contribution in [2.24, 2.45) is 0 Å². The van der Waals surface area contributed by atoms with Crippen LogP contribution < -0.4 is 10.1 Å². The molecule has 21 heavy (non-hydrogen) atoms. The topological polar surface area (TPSA) is 21.3 Å². The molecule has 0 saturated heterocycles. The lowest BCUT2D eigenvalue weighted by Crippen LogP contribution is -2.24. The monoisotopic (exact) mass is 281 g/mol. The van der Waals surface area contributed by atoms with Gasteiger partial charge in [-0.1, -0.05) is 42.5 Å². The zero-order chi connectivity index (χ0) is 14.7. The second kappa shape index (κ2) is 5.90. The maximum Gasteiger partial charge on any atom is 0.123 e. The van der Waals surface area contributed by atoms with Gasteiger partial charge >= 0.3 is 0 Å². The molecule has 0 aliphatic carbocycles. The van der Waals surface area contributed by atoms with E-state index in [4.69, 9.17) is 4.74 Å². The van der Waals surface area contributed by atoms with Crippen LogP contribution in [0, 0.1) is 0 Å². The lowest BCUT2D eigenvalue weighted by molar-refractivity contribution is 0.138. The van der Waals surface area contributed by atoms with Gasteiger partial charge in [0, 0.05) is 13.0 Å². The van der Waals surface area contributed by atoms with E-state index in [-0.39, 0.29) is 5.60 Å². The van der Waals surface area contributed by atoms with Crippen LogP contribution in [0.4, 0.5) is 0 Å². The summed E-state index contributed by atoms with van der Waals surface area (Å²) in [6.45, 7) is 6.21. The quantitative estimate of drug-likeness (QED) is 0.843. The molecule has 3 rings (SSSR count). The zero-order valence-electron chi connectivity index (χ0n) is 12.9. The average molecular weight is 281 g/mol. The van der Waals surface area contributed by atoms with Crippen LogP contribution in [0.15, 0.2) is 48.5 Å². The second-order valence-corrected chi connectivity index (χ2v) is 6.39. The second-order valence-electron chi connectivity index (χ2n) is 6.39. The van der Waals surface area contributed by atoms with Crippen molar-refractivity contribution in [3.05, 3.63) is 65.2 Å². The summed E-state index contributed by atoms with van der Waals surface area (Å²) < 4.78 is 5.91. The highest BCUT2D eigenvalue weighted by Crippen LogP contribution is 2.35. The Hall–Kier alpha value is -1.80. The van der Waals surface area contributed by atoms with Gasteiger partial charge in [0.2, 0.25) is 0 Å². The van der Waals surface area contributed by atoms with Crippen molar-refractivity contribution in [1.29, 1.82) is 0 Å². The predicted octanol–water partition coefficient (Wildman–Crippen LogP) is 3.73. The zero-order valence-corrected chi connectivity index (χ0v) is 12.9. The van der Waals surface area contributed by atoms with Gasteiger partial charge < -0.3 is 10.1 Å². The van der Waals surface area contributed by atoms with Gasteiger partial charge in [0.15, 0.2) is 0 Å². The summed E-state index contributed by atoms with van der Waals surface area (Å²) in [5.41, 5.74) is 4.00. The first-order valence-electron chi connectivity index (χ1n) is 7.68. The van der Waals surface area contributed by atoms with Gasteiger partial charge in [-0.05, 0) is 49.6 Å². The van der Waals surface area contributed by atoms with Crippen LogP contribution >= 0.6 is 0 Å². The van der Waals surface area contributed by atoms with Gasteiger partial charge in [0.1, 0.15) is 11.4 Å². The standard InChI is InChI=1S/C19H23NO/c1-19(2)13-17-12-16(8-9-18(17)21-19)14-20-11-10-15-6-4-3-5-7-15/h3-9,12,20H,10-11,13-14H2,1-2H3. The van der Waals surface area contributed by atoms with Crippen molar-refractivity contribution < 1.29 is 4.74 Å². The highest BCUT2D eigenvalue weighted by molar-refractivity contribution is 5.41. The Kier molecular flexibility index (Phi) is 3.98. The molecule has 1 heterocycles. The molecule has 0 fully saturated rings. The van der Waals surface area contributed by atoms with Crippen LogP contribution in [0.5, 0.6) is 5.75 Å². The van der Waals surface area contributed by atoms with Gasteiger partial charge in [-0.2, -0.15) is 0 Å². The van der Waals surface area contributed by atoms with Gasteiger partial charge in [-0.15, -0.1) is 0 Å². The minimum Gasteiger partial charge on any atom is -0.487 e. The highest BCUT2D eigenvalue weighted by Gasteiger charge is 2.29. The minimum absolute atomic E-state index is 0.0539. The van der Waals surface area contributed by atoms with Crippen molar-refractivity contribution in [2.45, 2.75) is 38.8 Å². The lowest BCUT2D eigenvalue weighted by Gasteiger charge is -2.16. The van der Waals surface area contributed by atoms with E-state index in [0.717, 1.165) is 31.7 Å². The molecular formula is C19H23NO. The fourth-order valence-electron chi connectivity index (χ4n) is 2.88. The molecule has 2 nitrogen and oxygen atoms in total. The lowest BCUT2D eigenvalue weighted by atomic mass is 10.0. The van der Waals surface area contributed by atoms with Crippen molar-refractivity contribution in [3.63, 3.8) is 0 Å². The molecule has 0 saturated carbocycles. The van der Waals surface area contributed by atoms with Gasteiger partial charge in [0.25, 0.3) is 0 Å². The Labute approximate surface area is 127 Å². The highest BCUT2D eigenvalue weighted by atomic mass is 16.5. The maximum atomic E-state index is 5.91. The Balaban J connectivity index is 1.51. The normalized spacial score (nSPS) is 15.5. The van der Waals surface area contributed by atoms with E-state index in [2.05, 4.69) is 67.7 Å². The van der Waals surface area contributed by atoms with Gasteiger partial charge in [-0.25, -0.2) is 0 Å². The Morgan fingerprint density at radius 1 is 1.05 bits per heavy atom. The molecule has 1 N–H and O–H groups in total. The first-order chi connectivity index (χ1) is 10.1. The third-order valence-electron chi connectivity index (χ3n) is 3.89. The van der Waals surface area contributed by atoms with Crippen LogP contribution in [0.3, 0.4) is 0 Å². The summed E-state index contributed by atoms with van der Waals surface area (Å²) in [4.78, 5) is 0. The molecule has 2 aromatic carbocycles. The van der Waals surface area contributed by atoms with Crippen LogP contribution in [0.2, 0.25) is 0 Å². The summed E-state index contributed by atoms with van der Waals surface area (Å²) in [5, 5.41) is 3.52. The third-order valence-corrected chi connectivity index (χ3v) is 3.89. The largest absolute Gasteiger partial charge is 0.487 e. The maximum absolute atomic E-state index is 5.91. The van der Waals surface area contributed by atoms with Crippen molar-refractivity contribution >= 4 is 0 Å². The predicted molar refractivity (Wildman–Crippen MR) is 86.7 cm³/mol. The number of ether oxygens (including phenoxy) is 1. The molecule has 1 aliphatic heterocycles. The molecule has 2 heteroatoms. The number of benzene rings is 2. The third kappa shape index (κ3) is 3.64. The number of nitrogens with one attached hydrogen (secondary N) is 1. The Morgan fingerprint density at radius 3 is 2.67 bits per heavy atom. The van der Waals surface area contributed by atoms with E-state index in [1.807, 2.05) is 0 Å². The number of rotatable bonds is 5. The molecule has 0 amide bonds. The molecule has 0 bridgehead atoms. The molecule has 0 aromatic heterocycles. The molecular weight excluding hydrogens is 258 g/mol. The van der Waals surface area contributed by atoms with E-state index in [1.54, 1.807) is 0 Å². The van der Waals surface area contributed by atoms with E-state index in [0.29, 0.717) is 0 Å². The van der Waals surface area contributed by atoms with Crippen molar-refractivity contribution in [1.82, 2.24) is 5.32 Å². The average Bonchev–Trinajstić information content (AvgIpc) is 2.78. The number of hydrogen-bond donors (Lipinski definition) is 1. The van der Waals surface area contributed by atoms with E-state index >= 15 is 0 Å². The molecule has 0 spiro atoms. The molecule has 110 valence electrons. The Bertz CT molecular complexity index is 604. The fraction of sp³-hybridized carbons (Fsp3) is 0.368. The summed E-state index contributed by atoms with van der Waals surface area (Å²) in [6, 6.07) is 17.2. The molecule has 0 unspecified atom stereocenters. The first kappa shape index (κ1) is 14.2.